The van der Waals surface area contributed by atoms with E-state index in [9.17, 15) is 30.0 Å². The molecule has 7 heteroatoms. The summed E-state index contributed by atoms with van der Waals surface area (Å²) in [7, 11) is 1.38. The molecule has 0 heterocycles. The Hall–Kier alpha value is -3.22. The fourth-order valence-electron chi connectivity index (χ4n) is 3.79. The van der Waals surface area contributed by atoms with Gasteiger partial charge in [-0.15, -0.1) is 0 Å². The number of benzene rings is 2. The van der Waals surface area contributed by atoms with E-state index in [1.807, 2.05) is 0 Å². The molecule has 3 rings (SSSR count). The van der Waals surface area contributed by atoms with Crippen molar-refractivity contribution in [1.29, 1.82) is 0 Å². The summed E-state index contributed by atoms with van der Waals surface area (Å²) in [5.74, 6) is -5.62. The standard InChI is InChI=1S/C19H18O7/c1-26-13-8-10(4-7-12(13)21)15-14(9-2-5-11(20)6-3-9)16(18(22)23)17(15)19(24)25/h2-8,14-17,20-21H,1H3,(H,22,23)(H,24,25)/t14-,15+,16+,17+/m0/s1. The molecule has 0 bridgehead atoms. The lowest BCUT2D eigenvalue weighted by Crippen LogP contribution is -2.51. The second-order valence-electron chi connectivity index (χ2n) is 6.30. The molecule has 1 aliphatic carbocycles. The molecule has 1 fully saturated rings. The van der Waals surface area contributed by atoms with E-state index in [1.165, 1.54) is 31.4 Å². The predicted molar refractivity (Wildman–Crippen MR) is 90.5 cm³/mol. The lowest BCUT2D eigenvalue weighted by Gasteiger charge is -2.48. The van der Waals surface area contributed by atoms with E-state index in [0.29, 0.717) is 11.1 Å². The van der Waals surface area contributed by atoms with Gasteiger partial charge in [0.15, 0.2) is 11.5 Å². The molecular weight excluding hydrogens is 340 g/mol. The topological polar surface area (TPSA) is 124 Å². The molecule has 0 spiro atoms. The first-order valence-corrected chi connectivity index (χ1v) is 7.96. The Morgan fingerprint density at radius 3 is 1.85 bits per heavy atom. The molecule has 0 aromatic heterocycles. The molecule has 0 saturated heterocycles. The van der Waals surface area contributed by atoms with Crippen LogP contribution < -0.4 is 4.74 Å². The van der Waals surface area contributed by atoms with E-state index in [4.69, 9.17) is 4.74 Å². The van der Waals surface area contributed by atoms with Gasteiger partial charge >= 0.3 is 11.9 Å². The number of hydrogen-bond acceptors (Lipinski definition) is 5. The summed E-state index contributed by atoms with van der Waals surface area (Å²) in [6.45, 7) is 0. The smallest absolute Gasteiger partial charge is 0.308 e. The monoisotopic (exact) mass is 358 g/mol. The average Bonchev–Trinajstić information content (AvgIpc) is 2.56. The Bertz CT molecular complexity index is 843. The number of aromatic hydroxyl groups is 2. The van der Waals surface area contributed by atoms with Crippen molar-refractivity contribution >= 4 is 11.9 Å². The maximum atomic E-state index is 11.7. The Kier molecular flexibility index (Phi) is 4.46. The van der Waals surface area contributed by atoms with E-state index in [1.54, 1.807) is 18.2 Å². The number of hydrogen-bond donors (Lipinski definition) is 4. The van der Waals surface area contributed by atoms with Crippen molar-refractivity contribution in [2.24, 2.45) is 11.8 Å². The highest BCUT2D eigenvalue weighted by Crippen LogP contribution is 2.58. The number of carboxylic acid groups (broad SMARTS) is 2. The number of aliphatic carboxylic acids is 2. The average molecular weight is 358 g/mol. The zero-order valence-corrected chi connectivity index (χ0v) is 13.9. The Morgan fingerprint density at radius 2 is 1.35 bits per heavy atom. The van der Waals surface area contributed by atoms with Gasteiger partial charge in [-0.05, 0) is 35.4 Å². The Balaban J connectivity index is 2.10. The molecule has 4 N–H and O–H groups in total. The van der Waals surface area contributed by atoms with Gasteiger partial charge in [-0.25, -0.2) is 0 Å². The maximum absolute atomic E-state index is 11.7. The molecule has 1 saturated carbocycles. The molecule has 0 amide bonds. The second kappa shape index (κ2) is 6.59. The minimum atomic E-state index is -1.19. The zero-order valence-electron chi connectivity index (χ0n) is 13.9. The molecule has 7 nitrogen and oxygen atoms in total. The summed E-state index contributed by atoms with van der Waals surface area (Å²) in [6.07, 6.45) is 0. The van der Waals surface area contributed by atoms with Gasteiger partial charge in [0, 0.05) is 11.8 Å². The lowest BCUT2D eigenvalue weighted by atomic mass is 9.52. The number of carboxylic acids is 2. The molecule has 0 unspecified atom stereocenters. The SMILES string of the molecule is COc1cc([C@H]2[C@@H](C(=O)O)[C@H](C(=O)O)[C@H]2c2ccc(O)cc2)ccc1O. The third kappa shape index (κ3) is 2.81. The van der Waals surface area contributed by atoms with Crippen LogP contribution in [0.3, 0.4) is 0 Å². The molecule has 136 valence electrons. The minimum Gasteiger partial charge on any atom is -0.508 e. The molecule has 26 heavy (non-hydrogen) atoms. The third-order valence-corrected chi connectivity index (χ3v) is 4.98. The van der Waals surface area contributed by atoms with Gasteiger partial charge in [-0.1, -0.05) is 18.2 Å². The van der Waals surface area contributed by atoms with Crippen molar-refractivity contribution in [2.45, 2.75) is 11.8 Å². The highest BCUT2D eigenvalue weighted by Gasteiger charge is 2.58. The van der Waals surface area contributed by atoms with E-state index in [-0.39, 0.29) is 17.2 Å². The summed E-state index contributed by atoms with van der Waals surface area (Å²) in [5.41, 5.74) is 1.20. The first-order valence-electron chi connectivity index (χ1n) is 7.96. The third-order valence-electron chi connectivity index (χ3n) is 4.98. The maximum Gasteiger partial charge on any atom is 0.308 e. The van der Waals surface area contributed by atoms with Crippen LogP contribution in [0.25, 0.3) is 0 Å². The molecule has 4 atom stereocenters. The molecular formula is C19H18O7. The minimum absolute atomic E-state index is 0.0394. The van der Waals surface area contributed by atoms with Crippen molar-refractivity contribution in [3.8, 4) is 17.2 Å². The van der Waals surface area contributed by atoms with Gasteiger partial charge in [0.25, 0.3) is 0 Å². The summed E-state index contributed by atoms with van der Waals surface area (Å²) in [4.78, 5) is 23.5. The van der Waals surface area contributed by atoms with Gasteiger partial charge in [0.1, 0.15) is 5.75 Å². The van der Waals surface area contributed by atoms with E-state index in [2.05, 4.69) is 0 Å². The van der Waals surface area contributed by atoms with Crippen molar-refractivity contribution < 1.29 is 34.8 Å². The second-order valence-corrected chi connectivity index (χ2v) is 6.30. The van der Waals surface area contributed by atoms with Crippen LogP contribution in [-0.2, 0) is 9.59 Å². The molecule has 0 aliphatic heterocycles. The summed E-state index contributed by atoms with van der Waals surface area (Å²) in [5, 5.41) is 38.4. The van der Waals surface area contributed by atoms with Gasteiger partial charge in [-0.3, -0.25) is 9.59 Å². The van der Waals surface area contributed by atoms with Gasteiger partial charge in [0.2, 0.25) is 0 Å². The summed E-state index contributed by atoms with van der Waals surface area (Å²) < 4.78 is 5.08. The molecule has 2 aromatic carbocycles. The number of rotatable bonds is 5. The van der Waals surface area contributed by atoms with Crippen molar-refractivity contribution in [2.75, 3.05) is 7.11 Å². The zero-order chi connectivity index (χ0) is 19.0. The normalized spacial score (nSPS) is 24.5. The van der Waals surface area contributed by atoms with Crippen molar-refractivity contribution in [3.05, 3.63) is 53.6 Å². The van der Waals surface area contributed by atoms with Crippen LogP contribution in [0, 0.1) is 11.8 Å². The lowest BCUT2D eigenvalue weighted by molar-refractivity contribution is -0.164. The van der Waals surface area contributed by atoms with Crippen LogP contribution in [0.5, 0.6) is 17.2 Å². The Morgan fingerprint density at radius 1 is 0.846 bits per heavy atom. The summed E-state index contributed by atoms with van der Waals surface area (Å²) in [6, 6.07) is 10.6. The first-order chi connectivity index (χ1) is 12.3. The van der Waals surface area contributed by atoms with E-state index < -0.39 is 35.6 Å². The molecule has 2 aromatic rings. The fraction of sp³-hybridized carbons (Fsp3) is 0.263. The number of phenols is 2. The number of ether oxygens (including phenoxy) is 1. The van der Waals surface area contributed by atoms with Gasteiger partial charge in [-0.2, -0.15) is 0 Å². The molecule has 0 radical (unpaired) electrons. The van der Waals surface area contributed by atoms with Crippen LogP contribution >= 0.6 is 0 Å². The highest BCUT2D eigenvalue weighted by atomic mass is 16.5. The largest absolute Gasteiger partial charge is 0.508 e. The van der Waals surface area contributed by atoms with Crippen molar-refractivity contribution in [1.82, 2.24) is 0 Å². The summed E-state index contributed by atoms with van der Waals surface area (Å²) >= 11 is 0. The van der Waals surface area contributed by atoms with E-state index >= 15 is 0 Å². The Labute approximate surface area is 149 Å². The van der Waals surface area contributed by atoms with E-state index in [0.717, 1.165) is 0 Å². The predicted octanol–water partition coefficient (Wildman–Crippen LogP) is 2.39. The van der Waals surface area contributed by atoms with Crippen LogP contribution in [0.15, 0.2) is 42.5 Å². The van der Waals surface area contributed by atoms with Crippen LogP contribution in [0.2, 0.25) is 0 Å². The van der Waals surface area contributed by atoms with Gasteiger partial charge < -0.3 is 25.2 Å². The number of carbonyl (C=O) groups is 2. The number of phenolic OH excluding ortho intramolecular Hbond substituents is 2. The van der Waals surface area contributed by atoms with Crippen LogP contribution in [0.1, 0.15) is 23.0 Å². The molecule has 1 aliphatic rings. The van der Waals surface area contributed by atoms with Crippen LogP contribution in [0.4, 0.5) is 0 Å². The first kappa shape index (κ1) is 17.6. The van der Waals surface area contributed by atoms with Gasteiger partial charge in [0.05, 0.1) is 18.9 Å². The van der Waals surface area contributed by atoms with Crippen LogP contribution in [-0.4, -0.2) is 39.5 Å². The highest BCUT2D eigenvalue weighted by molar-refractivity contribution is 5.85. The number of methoxy groups -OCH3 is 1. The fourth-order valence-corrected chi connectivity index (χ4v) is 3.79. The van der Waals surface area contributed by atoms with Crippen molar-refractivity contribution in [3.63, 3.8) is 0 Å². The quantitative estimate of drug-likeness (QED) is 0.647.